The molecule has 25 heavy (non-hydrogen) atoms. The van der Waals surface area contributed by atoms with Gasteiger partial charge in [0.1, 0.15) is 17.6 Å². The van der Waals surface area contributed by atoms with Gasteiger partial charge in [-0.3, -0.25) is 4.79 Å². The molecule has 1 atom stereocenters. The molecule has 0 bridgehead atoms. The number of ether oxygens (including phenoxy) is 1. The van der Waals surface area contributed by atoms with Crippen LogP contribution in [0.15, 0.2) is 69.7 Å². The van der Waals surface area contributed by atoms with Gasteiger partial charge in [-0.1, -0.05) is 18.2 Å². The summed E-state index contributed by atoms with van der Waals surface area (Å²) < 4.78 is 10.9. The molecule has 0 radical (unpaired) electrons. The van der Waals surface area contributed by atoms with E-state index in [4.69, 9.17) is 9.15 Å². The molecule has 0 saturated carbocycles. The number of benzene rings is 1. The number of carbonyl (C=O) groups is 1. The second-order valence-corrected chi connectivity index (χ2v) is 6.59. The van der Waals surface area contributed by atoms with E-state index in [0.717, 1.165) is 22.8 Å². The molecule has 4 rings (SSSR count). The number of carbonyl (C=O) groups excluding carboxylic acids is 1. The van der Waals surface area contributed by atoms with Crippen molar-refractivity contribution < 1.29 is 13.9 Å². The summed E-state index contributed by atoms with van der Waals surface area (Å²) in [6, 6.07) is 14.8. The molecule has 0 spiro atoms. The van der Waals surface area contributed by atoms with E-state index in [-0.39, 0.29) is 11.9 Å². The first-order valence-electron chi connectivity index (χ1n) is 7.88. The average Bonchev–Trinajstić information content (AvgIpc) is 3.42. The Hall–Kier alpha value is -2.86. The van der Waals surface area contributed by atoms with Gasteiger partial charge in [-0.05, 0) is 35.7 Å². The maximum Gasteiger partial charge on any atom is 0.284 e. The maximum absolute atomic E-state index is 12.9. The van der Waals surface area contributed by atoms with E-state index < -0.39 is 0 Å². The second-order valence-electron chi connectivity index (χ2n) is 5.64. The monoisotopic (exact) mass is 352 g/mol. The molecular weight excluding hydrogens is 336 g/mol. The van der Waals surface area contributed by atoms with Crippen LogP contribution in [0, 0.1) is 0 Å². The minimum atomic E-state index is -0.245. The standard InChI is InChI=1S/C19H16N2O3S/c1-23-14-6-2-5-13(11-14)15-12-16(17-7-3-9-24-17)21(20-15)19(22)18-8-4-10-25-18/h2-11,16H,12H2,1H3/t16-/m0/s1. The first kappa shape index (κ1) is 15.7. The summed E-state index contributed by atoms with van der Waals surface area (Å²) in [5, 5.41) is 8.03. The first-order valence-corrected chi connectivity index (χ1v) is 8.76. The van der Waals surface area contributed by atoms with Crippen molar-refractivity contribution in [3.8, 4) is 5.75 Å². The van der Waals surface area contributed by atoms with E-state index in [9.17, 15) is 4.79 Å². The fourth-order valence-electron chi connectivity index (χ4n) is 2.89. The lowest BCUT2D eigenvalue weighted by Gasteiger charge is -2.19. The number of hydrazone groups is 1. The summed E-state index contributed by atoms with van der Waals surface area (Å²) in [6.07, 6.45) is 2.21. The van der Waals surface area contributed by atoms with Gasteiger partial charge in [0.05, 0.1) is 24.0 Å². The van der Waals surface area contributed by atoms with Crippen LogP contribution in [0.5, 0.6) is 5.75 Å². The molecule has 3 heterocycles. The molecular formula is C19H16N2O3S. The van der Waals surface area contributed by atoms with Gasteiger partial charge < -0.3 is 9.15 Å². The van der Waals surface area contributed by atoms with Crippen molar-refractivity contribution in [1.82, 2.24) is 5.01 Å². The van der Waals surface area contributed by atoms with Gasteiger partial charge in [-0.15, -0.1) is 11.3 Å². The first-order chi connectivity index (χ1) is 12.3. The Balaban J connectivity index is 1.71. The Morgan fingerprint density at radius 3 is 2.92 bits per heavy atom. The number of furan rings is 1. The highest BCUT2D eigenvalue weighted by Gasteiger charge is 2.35. The third-order valence-corrected chi connectivity index (χ3v) is 4.98. The van der Waals surface area contributed by atoms with Gasteiger partial charge in [0, 0.05) is 12.0 Å². The van der Waals surface area contributed by atoms with Gasteiger partial charge in [0.2, 0.25) is 0 Å². The summed E-state index contributed by atoms with van der Waals surface area (Å²) >= 11 is 1.41. The normalized spacial score (nSPS) is 16.8. The van der Waals surface area contributed by atoms with Crippen LogP contribution in [-0.4, -0.2) is 23.7 Å². The molecule has 126 valence electrons. The quantitative estimate of drug-likeness (QED) is 0.702. The van der Waals surface area contributed by atoms with Crippen LogP contribution < -0.4 is 4.74 Å². The van der Waals surface area contributed by atoms with Crippen molar-refractivity contribution in [3.05, 3.63) is 76.4 Å². The lowest BCUT2D eigenvalue weighted by Crippen LogP contribution is -2.26. The predicted molar refractivity (Wildman–Crippen MR) is 96.1 cm³/mol. The lowest BCUT2D eigenvalue weighted by molar-refractivity contribution is 0.0698. The molecule has 1 aliphatic heterocycles. The molecule has 1 aliphatic rings. The molecule has 1 aromatic carbocycles. The number of rotatable bonds is 4. The van der Waals surface area contributed by atoms with E-state index in [2.05, 4.69) is 5.10 Å². The van der Waals surface area contributed by atoms with Gasteiger partial charge in [0.15, 0.2) is 0 Å². The van der Waals surface area contributed by atoms with E-state index in [1.165, 1.54) is 16.3 Å². The number of hydrogen-bond acceptors (Lipinski definition) is 5. The van der Waals surface area contributed by atoms with E-state index in [0.29, 0.717) is 11.3 Å². The van der Waals surface area contributed by atoms with E-state index >= 15 is 0 Å². The van der Waals surface area contributed by atoms with E-state index in [1.807, 2.05) is 53.9 Å². The number of methoxy groups -OCH3 is 1. The minimum Gasteiger partial charge on any atom is -0.497 e. The predicted octanol–water partition coefficient (Wildman–Crippen LogP) is 4.34. The summed E-state index contributed by atoms with van der Waals surface area (Å²) in [5.41, 5.74) is 1.78. The molecule has 2 aromatic heterocycles. The molecule has 0 saturated heterocycles. The van der Waals surface area contributed by atoms with Crippen molar-refractivity contribution in [2.45, 2.75) is 12.5 Å². The fraction of sp³-hybridized carbons (Fsp3) is 0.158. The minimum absolute atomic E-state index is 0.116. The van der Waals surface area contributed by atoms with Gasteiger partial charge in [-0.2, -0.15) is 5.10 Å². The van der Waals surface area contributed by atoms with Crippen molar-refractivity contribution in [3.63, 3.8) is 0 Å². The van der Waals surface area contributed by atoms with Crippen LogP contribution in [0.4, 0.5) is 0 Å². The molecule has 0 aliphatic carbocycles. The molecule has 1 amide bonds. The number of hydrogen-bond donors (Lipinski definition) is 0. The number of nitrogens with zero attached hydrogens (tertiary/aromatic N) is 2. The second kappa shape index (κ2) is 6.57. The Morgan fingerprint density at radius 1 is 1.28 bits per heavy atom. The van der Waals surface area contributed by atoms with Crippen LogP contribution in [0.25, 0.3) is 0 Å². The molecule has 6 heteroatoms. The van der Waals surface area contributed by atoms with Crippen LogP contribution in [0.2, 0.25) is 0 Å². The van der Waals surface area contributed by atoms with Crippen LogP contribution in [0.3, 0.4) is 0 Å². The molecule has 0 unspecified atom stereocenters. The van der Waals surface area contributed by atoms with Crippen LogP contribution in [0.1, 0.15) is 33.5 Å². The Morgan fingerprint density at radius 2 is 2.20 bits per heavy atom. The Kier molecular flexibility index (Phi) is 4.11. The molecule has 5 nitrogen and oxygen atoms in total. The van der Waals surface area contributed by atoms with Crippen molar-refractivity contribution in [2.75, 3.05) is 7.11 Å². The zero-order chi connectivity index (χ0) is 17.2. The van der Waals surface area contributed by atoms with Gasteiger partial charge in [-0.25, -0.2) is 5.01 Å². The van der Waals surface area contributed by atoms with Gasteiger partial charge >= 0.3 is 0 Å². The van der Waals surface area contributed by atoms with Crippen LogP contribution >= 0.6 is 11.3 Å². The summed E-state index contributed by atoms with van der Waals surface area (Å²) in [7, 11) is 1.63. The van der Waals surface area contributed by atoms with Crippen molar-refractivity contribution in [1.29, 1.82) is 0 Å². The van der Waals surface area contributed by atoms with Crippen LogP contribution in [-0.2, 0) is 0 Å². The fourth-order valence-corrected chi connectivity index (χ4v) is 3.55. The maximum atomic E-state index is 12.9. The number of amides is 1. The zero-order valence-electron chi connectivity index (χ0n) is 13.6. The number of thiophene rings is 1. The van der Waals surface area contributed by atoms with Crippen molar-refractivity contribution >= 4 is 23.0 Å². The zero-order valence-corrected chi connectivity index (χ0v) is 14.4. The highest BCUT2D eigenvalue weighted by molar-refractivity contribution is 7.12. The molecule has 0 fully saturated rings. The van der Waals surface area contributed by atoms with E-state index in [1.54, 1.807) is 13.4 Å². The highest BCUT2D eigenvalue weighted by Crippen LogP contribution is 2.35. The average molecular weight is 352 g/mol. The summed E-state index contributed by atoms with van der Waals surface area (Å²) in [6.45, 7) is 0. The SMILES string of the molecule is COc1cccc(C2=NN(C(=O)c3cccs3)[C@H](c3ccco3)C2)c1. The summed E-state index contributed by atoms with van der Waals surface area (Å²) in [5.74, 6) is 1.37. The highest BCUT2D eigenvalue weighted by atomic mass is 32.1. The van der Waals surface area contributed by atoms with Crippen molar-refractivity contribution in [2.24, 2.45) is 5.10 Å². The van der Waals surface area contributed by atoms with Gasteiger partial charge in [0.25, 0.3) is 5.91 Å². The third-order valence-electron chi connectivity index (χ3n) is 4.12. The molecule has 3 aromatic rings. The smallest absolute Gasteiger partial charge is 0.284 e. The Labute approximate surface area is 149 Å². The topological polar surface area (TPSA) is 55.0 Å². The summed E-state index contributed by atoms with van der Waals surface area (Å²) in [4.78, 5) is 13.5. The largest absolute Gasteiger partial charge is 0.497 e. The third kappa shape index (κ3) is 2.96. The molecule has 0 N–H and O–H groups in total. The Bertz CT molecular complexity index is 901. The lowest BCUT2D eigenvalue weighted by atomic mass is 10.0.